The van der Waals surface area contributed by atoms with Gasteiger partial charge in [-0.3, -0.25) is 14.2 Å². The van der Waals surface area contributed by atoms with Crippen molar-refractivity contribution in [2.75, 3.05) is 31.1 Å². The van der Waals surface area contributed by atoms with Crippen molar-refractivity contribution in [2.45, 2.75) is 38.6 Å². The number of allylic oxidation sites excluding steroid dienone is 2. The summed E-state index contributed by atoms with van der Waals surface area (Å²) in [5.41, 5.74) is 1.90. The Balaban J connectivity index is 1.27. The number of carbonyl (C=O) groups excluding carboxylic acids is 1. The van der Waals surface area contributed by atoms with Crippen LogP contribution in [-0.4, -0.2) is 46.5 Å². The lowest BCUT2D eigenvalue weighted by atomic mass is 9.93. The molecule has 3 aliphatic rings. The number of fused-ring (bicyclic) bond motifs is 1. The lowest BCUT2D eigenvalue weighted by molar-refractivity contribution is -0.136. The number of carbonyl (C=O) groups is 1. The molecule has 1 saturated carbocycles. The molecule has 6 nitrogen and oxygen atoms in total. The first kappa shape index (κ1) is 18.4. The van der Waals surface area contributed by atoms with Crippen LogP contribution in [0.25, 0.3) is 10.9 Å². The highest BCUT2D eigenvalue weighted by Gasteiger charge is 2.27. The fourth-order valence-corrected chi connectivity index (χ4v) is 4.51. The summed E-state index contributed by atoms with van der Waals surface area (Å²) in [7, 11) is 0. The number of hydrogen-bond acceptors (Lipinski definition) is 4. The Morgan fingerprint density at radius 2 is 1.90 bits per heavy atom. The predicted octanol–water partition coefficient (Wildman–Crippen LogP) is 2.81. The molecule has 1 amide bonds. The molecule has 5 rings (SSSR count). The van der Waals surface area contributed by atoms with Gasteiger partial charge >= 0.3 is 0 Å². The van der Waals surface area contributed by atoms with Crippen molar-refractivity contribution >= 4 is 22.5 Å². The van der Waals surface area contributed by atoms with E-state index in [-0.39, 0.29) is 11.5 Å². The Bertz CT molecular complexity index is 1000. The molecule has 152 valence electrons. The first-order chi connectivity index (χ1) is 14.2. The van der Waals surface area contributed by atoms with E-state index in [9.17, 15) is 9.59 Å². The molecule has 0 radical (unpaired) electrons. The van der Waals surface area contributed by atoms with Crippen LogP contribution in [0.5, 0.6) is 0 Å². The minimum absolute atomic E-state index is 0.0606. The van der Waals surface area contributed by atoms with Gasteiger partial charge in [-0.05, 0) is 56.2 Å². The molecule has 0 bridgehead atoms. The van der Waals surface area contributed by atoms with Gasteiger partial charge in [0.05, 0.1) is 17.2 Å². The van der Waals surface area contributed by atoms with Gasteiger partial charge in [0.1, 0.15) is 0 Å². The quantitative estimate of drug-likeness (QED) is 0.751. The molecule has 1 aromatic carbocycles. The second-order valence-electron chi connectivity index (χ2n) is 8.64. The second kappa shape index (κ2) is 7.65. The third-order valence-electron chi connectivity index (χ3n) is 6.54. The third-order valence-corrected chi connectivity index (χ3v) is 6.54. The highest BCUT2D eigenvalue weighted by Crippen LogP contribution is 2.30. The van der Waals surface area contributed by atoms with Crippen LogP contribution in [0.2, 0.25) is 0 Å². The standard InChI is InChI=1S/C23H28N4O2/c28-22(18-4-2-1-3-5-18)26-12-10-25(11-13-26)19-8-9-20-21(14-19)24-16-27(23(20)29)15-17-6-7-17/h1-2,8-9,14,16-18H,3-7,10-13,15H2. The normalized spacial score (nSPS) is 22.3. The number of benzene rings is 1. The summed E-state index contributed by atoms with van der Waals surface area (Å²) < 4.78 is 1.75. The maximum atomic E-state index is 12.7. The molecule has 1 saturated heterocycles. The number of hydrogen-bond donors (Lipinski definition) is 0. The molecule has 29 heavy (non-hydrogen) atoms. The Kier molecular flexibility index (Phi) is 4.86. The van der Waals surface area contributed by atoms with Gasteiger partial charge in [-0.1, -0.05) is 12.2 Å². The third kappa shape index (κ3) is 3.80. The number of anilines is 1. The lowest BCUT2D eigenvalue weighted by Gasteiger charge is -2.37. The molecule has 2 aromatic rings. The predicted molar refractivity (Wildman–Crippen MR) is 114 cm³/mol. The average molecular weight is 393 g/mol. The minimum atomic E-state index is 0.0606. The summed E-state index contributed by atoms with van der Waals surface area (Å²) in [6, 6.07) is 5.95. The number of nitrogens with zero attached hydrogens (tertiary/aromatic N) is 4. The molecule has 1 aromatic heterocycles. The van der Waals surface area contributed by atoms with Crippen LogP contribution in [0, 0.1) is 11.8 Å². The molecule has 2 fully saturated rings. The average Bonchev–Trinajstić information content (AvgIpc) is 3.60. The zero-order chi connectivity index (χ0) is 19.8. The van der Waals surface area contributed by atoms with E-state index in [1.54, 1.807) is 10.9 Å². The zero-order valence-electron chi connectivity index (χ0n) is 16.8. The SMILES string of the molecule is O=C(C1CC=CCC1)N1CCN(c2ccc3c(=O)n(CC4CC4)cnc3c2)CC1. The van der Waals surface area contributed by atoms with Crippen LogP contribution in [0.4, 0.5) is 5.69 Å². The summed E-state index contributed by atoms with van der Waals surface area (Å²) in [6.45, 7) is 3.94. The van der Waals surface area contributed by atoms with E-state index in [0.717, 1.165) is 63.2 Å². The van der Waals surface area contributed by atoms with E-state index < -0.39 is 0 Å². The molecule has 1 aliphatic heterocycles. The fourth-order valence-electron chi connectivity index (χ4n) is 4.51. The first-order valence-corrected chi connectivity index (χ1v) is 10.9. The van der Waals surface area contributed by atoms with E-state index >= 15 is 0 Å². The zero-order valence-corrected chi connectivity index (χ0v) is 16.8. The Hall–Kier alpha value is -2.63. The van der Waals surface area contributed by atoms with E-state index in [0.29, 0.717) is 17.2 Å². The van der Waals surface area contributed by atoms with E-state index in [2.05, 4.69) is 22.0 Å². The molecular weight excluding hydrogens is 364 g/mol. The smallest absolute Gasteiger partial charge is 0.261 e. The highest BCUT2D eigenvalue weighted by atomic mass is 16.2. The van der Waals surface area contributed by atoms with Crippen molar-refractivity contribution < 1.29 is 4.79 Å². The van der Waals surface area contributed by atoms with Gasteiger partial charge in [-0.2, -0.15) is 0 Å². The maximum Gasteiger partial charge on any atom is 0.261 e. The monoisotopic (exact) mass is 392 g/mol. The van der Waals surface area contributed by atoms with Crippen molar-refractivity contribution in [3.05, 3.63) is 47.0 Å². The van der Waals surface area contributed by atoms with Crippen LogP contribution >= 0.6 is 0 Å². The van der Waals surface area contributed by atoms with Gasteiger partial charge in [0.15, 0.2) is 0 Å². The second-order valence-corrected chi connectivity index (χ2v) is 8.64. The highest BCUT2D eigenvalue weighted by molar-refractivity contribution is 5.82. The molecular formula is C23H28N4O2. The van der Waals surface area contributed by atoms with E-state index in [1.807, 2.05) is 23.1 Å². The van der Waals surface area contributed by atoms with E-state index in [4.69, 9.17) is 0 Å². The molecule has 0 N–H and O–H groups in total. The molecule has 1 atom stereocenters. The van der Waals surface area contributed by atoms with Gasteiger partial charge in [0, 0.05) is 44.3 Å². The van der Waals surface area contributed by atoms with Crippen LogP contribution in [0.1, 0.15) is 32.1 Å². The number of aromatic nitrogens is 2. The molecule has 2 aliphatic carbocycles. The van der Waals surface area contributed by atoms with Gasteiger partial charge in [-0.15, -0.1) is 0 Å². The van der Waals surface area contributed by atoms with Crippen molar-refractivity contribution in [3.63, 3.8) is 0 Å². The van der Waals surface area contributed by atoms with Crippen molar-refractivity contribution in [2.24, 2.45) is 11.8 Å². The molecule has 6 heteroatoms. The van der Waals surface area contributed by atoms with Crippen molar-refractivity contribution in [1.82, 2.24) is 14.5 Å². The Morgan fingerprint density at radius 1 is 1.07 bits per heavy atom. The maximum absolute atomic E-state index is 12.7. The number of rotatable bonds is 4. The van der Waals surface area contributed by atoms with Gasteiger partial charge in [-0.25, -0.2) is 4.98 Å². The van der Waals surface area contributed by atoms with Gasteiger partial charge in [0.25, 0.3) is 5.56 Å². The molecule has 1 unspecified atom stereocenters. The van der Waals surface area contributed by atoms with Crippen LogP contribution in [-0.2, 0) is 11.3 Å². The first-order valence-electron chi connectivity index (χ1n) is 10.9. The molecule has 0 spiro atoms. The summed E-state index contributed by atoms with van der Waals surface area (Å²) in [6.07, 6.45) is 11.3. The van der Waals surface area contributed by atoms with Crippen LogP contribution in [0.3, 0.4) is 0 Å². The van der Waals surface area contributed by atoms with Crippen LogP contribution in [0.15, 0.2) is 41.5 Å². The lowest BCUT2D eigenvalue weighted by Crippen LogP contribution is -2.50. The summed E-state index contributed by atoms with van der Waals surface area (Å²) in [5.74, 6) is 1.12. The number of piperazine rings is 1. The Morgan fingerprint density at radius 3 is 2.62 bits per heavy atom. The van der Waals surface area contributed by atoms with Crippen LogP contribution < -0.4 is 10.5 Å². The fraction of sp³-hybridized carbons (Fsp3) is 0.522. The summed E-state index contributed by atoms with van der Waals surface area (Å²) >= 11 is 0. The largest absolute Gasteiger partial charge is 0.368 e. The number of amides is 1. The van der Waals surface area contributed by atoms with Gasteiger partial charge in [0.2, 0.25) is 5.91 Å². The summed E-state index contributed by atoms with van der Waals surface area (Å²) in [5, 5.41) is 0.691. The van der Waals surface area contributed by atoms with Crippen molar-refractivity contribution in [3.8, 4) is 0 Å². The van der Waals surface area contributed by atoms with Gasteiger partial charge < -0.3 is 9.80 Å². The molecule has 2 heterocycles. The van der Waals surface area contributed by atoms with E-state index in [1.165, 1.54) is 12.8 Å². The Labute approximate surface area is 170 Å². The topological polar surface area (TPSA) is 58.4 Å². The summed E-state index contributed by atoms with van der Waals surface area (Å²) in [4.78, 5) is 34.3. The van der Waals surface area contributed by atoms with Crippen molar-refractivity contribution in [1.29, 1.82) is 0 Å². The minimum Gasteiger partial charge on any atom is -0.368 e.